The summed E-state index contributed by atoms with van der Waals surface area (Å²) < 4.78 is 45.0. The van der Waals surface area contributed by atoms with Gasteiger partial charge < -0.3 is 10.1 Å². The lowest BCUT2D eigenvalue weighted by atomic mass is 10.0. The van der Waals surface area contributed by atoms with Crippen molar-refractivity contribution in [3.8, 4) is 0 Å². The number of rotatable bonds is 3. The summed E-state index contributed by atoms with van der Waals surface area (Å²) >= 11 is 0. The van der Waals surface area contributed by atoms with Crippen LogP contribution in [0.2, 0.25) is 0 Å². The largest absolute Gasteiger partial charge is 0.444 e. The maximum absolute atomic E-state index is 13.3. The van der Waals surface area contributed by atoms with Gasteiger partial charge in [-0.3, -0.25) is 4.90 Å². The van der Waals surface area contributed by atoms with Crippen LogP contribution in [0.1, 0.15) is 26.3 Å². The third-order valence-electron chi connectivity index (χ3n) is 3.77. The van der Waals surface area contributed by atoms with E-state index >= 15 is 0 Å². The van der Waals surface area contributed by atoms with Gasteiger partial charge in [-0.15, -0.1) is 0 Å². The van der Waals surface area contributed by atoms with E-state index in [9.17, 15) is 18.0 Å². The first-order valence-corrected chi connectivity index (χ1v) is 7.87. The van der Waals surface area contributed by atoms with Crippen LogP contribution < -0.4 is 5.32 Å². The lowest BCUT2D eigenvalue weighted by Crippen LogP contribution is -2.47. The normalized spacial score (nSPS) is 22.4. The molecule has 1 aliphatic rings. The molecule has 134 valence electrons. The number of benzene rings is 1. The molecule has 0 aliphatic carbocycles. The smallest absolute Gasteiger partial charge is 0.407 e. The zero-order valence-corrected chi connectivity index (χ0v) is 14.1. The Hall–Kier alpha value is -1.76. The van der Waals surface area contributed by atoms with E-state index in [0.29, 0.717) is 6.54 Å². The molecule has 7 heteroatoms. The number of nitrogens with one attached hydrogen (secondary N) is 1. The van der Waals surface area contributed by atoms with Gasteiger partial charge >= 0.3 is 12.3 Å². The molecule has 24 heavy (non-hydrogen) atoms. The molecule has 0 bridgehead atoms. The molecule has 4 nitrogen and oxygen atoms in total. The summed E-state index contributed by atoms with van der Waals surface area (Å²) in [5, 5.41) is 2.38. The van der Waals surface area contributed by atoms with E-state index in [4.69, 9.17) is 4.74 Å². The van der Waals surface area contributed by atoms with Crippen LogP contribution in [0.3, 0.4) is 0 Å². The Balaban J connectivity index is 2.03. The van der Waals surface area contributed by atoms with Crippen LogP contribution in [0.25, 0.3) is 0 Å². The highest BCUT2D eigenvalue weighted by molar-refractivity contribution is 5.68. The summed E-state index contributed by atoms with van der Waals surface area (Å²) in [6, 6.07) is 8.29. The second kappa shape index (κ2) is 7.01. The average Bonchev–Trinajstić information content (AvgIpc) is 2.80. The second-order valence-corrected chi connectivity index (χ2v) is 7.08. The summed E-state index contributed by atoms with van der Waals surface area (Å²) in [4.78, 5) is 13.5. The number of hydrogen-bond donors (Lipinski definition) is 1. The van der Waals surface area contributed by atoms with E-state index in [1.165, 1.54) is 0 Å². The number of alkyl carbamates (subject to hydrolysis) is 1. The minimum absolute atomic E-state index is 0.137. The Morgan fingerprint density at radius 3 is 2.38 bits per heavy atom. The average molecular weight is 344 g/mol. The van der Waals surface area contributed by atoms with Crippen LogP contribution in [0.5, 0.6) is 0 Å². The molecule has 2 atom stereocenters. The fourth-order valence-electron chi connectivity index (χ4n) is 2.79. The van der Waals surface area contributed by atoms with Gasteiger partial charge in [0.05, 0.1) is 12.0 Å². The van der Waals surface area contributed by atoms with Crippen molar-refractivity contribution >= 4 is 6.09 Å². The van der Waals surface area contributed by atoms with Crippen molar-refractivity contribution in [3.05, 3.63) is 35.9 Å². The molecule has 1 fully saturated rings. The van der Waals surface area contributed by atoms with Crippen molar-refractivity contribution in [1.29, 1.82) is 0 Å². The highest BCUT2D eigenvalue weighted by Crippen LogP contribution is 2.34. The Labute approximate surface area is 140 Å². The molecule has 2 rings (SSSR count). The molecule has 0 unspecified atom stereocenters. The lowest BCUT2D eigenvalue weighted by Gasteiger charge is -2.25. The molecule has 0 aromatic heterocycles. The zero-order chi connectivity index (χ0) is 18.0. The molecule has 1 aliphatic heterocycles. The summed E-state index contributed by atoms with van der Waals surface area (Å²) in [6.07, 6.45) is -5.19. The first-order chi connectivity index (χ1) is 11.0. The fourth-order valence-corrected chi connectivity index (χ4v) is 2.79. The fraction of sp³-hybridized carbons (Fsp3) is 0.588. The molecular formula is C17H23F3N2O2. The predicted molar refractivity (Wildman–Crippen MR) is 84.4 cm³/mol. The Morgan fingerprint density at radius 1 is 1.21 bits per heavy atom. The van der Waals surface area contributed by atoms with E-state index in [0.717, 1.165) is 5.56 Å². The van der Waals surface area contributed by atoms with Gasteiger partial charge in [0.2, 0.25) is 0 Å². The number of likely N-dealkylation sites (tertiary alicyclic amines) is 1. The summed E-state index contributed by atoms with van der Waals surface area (Å²) in [5.74, 6) is -1.60. The summed E-state index contributed by atoms with van der Waals surface area (Å²) in [6.45, 7) is 5.43. The van der Waals surface area contributed by atoms with E-state index in [-0.39, 0.29) is 13.1 Å². The van der Waals surface area contributed by atoms with Crippen molar-refractivity contribution in [2.75, 3.05) is 13.1 Å². The van der Waals surface area contributed by atoms with Gasteiger partial charge in [0.1, 0.15) is 5.60 Å². The number of alkyl halides is 3. The molecule has 1 saturated heterocycles. The monoisotopic (exact) mass is 344 g/mol. The highest BCUT2D eigenvalue weighted by atomic mass is 19.4. The summed E-state index contributed by atoms with van der Waals surface area (Å²) in [7, 11) is 0. The number of ether oxygens (including phenoxy) is 1. The number of carbonyl (C=O) groups excluding carboxylic acids is 1. The molecule has 1 aromatic rings. The van der Waals surface area contributed by atoms with Gasteiger partial charge in [-0.05, 0) is 26.3 Å². The Bertz CT molecular complexity index is 555. The van der Waals surface area contributed by atoms with Gasteiger partial charge in [0.25, 0.3) is 0 Å². The molecule has 1 heterocycles. The van der Waals surface area contributed by atoms with E-state index in [2.05, 4.69) is 5.32 Å². The SMILES string of the molecule is CC(C)(C)OC(=O)N[C@H]1CN(Cc2ccccc2)C[C@@H]1C(F)(F)F. The summed E-state index contributed by atoms with van der Waals surface area (Å²) in [5.41, 5.74) is 0.191. The molecule has 0 radical (unpaired) electrons. The van der Waals surface area contributed by atoms with Crippen molar-refractivity contribution < 1.29 is 22.7 Å². The second-order valence-electron chi connectivity index (χ2n) is 7.08. The zero-order valence-electron chi connectivity index (χ0n) is 14.1. The van der Waals surface area contributed by atoms with Gasteiger partial charge in [0.15, 0.2) is 0 Å². The third-order valence-corrected chi connectivity index (χ3v) is 3.77. The van der Waals surface area contributed by atoms with Crippen molar-refractivity contribution in [2.24, 2.45) is 5.92 Å². The maximum Gasteiger partial charge on any atom is 0.407 e. The quantitative estimate of drug-likeness (QED) is 0.911. The van der Waals surface area contributed by atoms with E-state index in [1.54, 1.807) is 25.7 Å². The van der Waals surface area contributed by atoms with Gasteiger partial charge in [0, 0.05) is 19.6 Å². The molecule has 1 amide bonds. The van der Waals surface area contributed by atoms with Crippen LogP contribution in [0.4, 0.5) is 18.0 Å². The van der Waals surface area contributed by atoms with Crippen molar-refractivity contribution in [2.45, 2.75) is 45.1 Å². The number of amides is 1. The third kappa shape index (κ3) is 5.40. The van der Waals surface area contributed by atoms with Gasteiger partial charge in [-0.2, -0.15) is 13.2 Å². The Kier molecular flexibility index (Phi) is 5.42. The predicted octanol–water partition coefficient (Wildman–Crippen LogP) is 3.57. The van der Waals surface area contributed by atoms with Gasteiger partial charge in [-0.1, -0.05) is 30.3 Å². The Morgan fingerprint density at radius 2 is 1.83 bits per heavy atom. The van der Waals surface area contributed by atoms with Crippen LogP contribution in [0.15, 0.2) is 30.3 Å². The molecule has 0 saturated carbocycles. The van der Waals surface area contributed by atoms with Crippen LogP contribution >= 0.6 is 0 Å². The number of hydrogen-bond acceptors (Lipinski definition) is 3. The van der Waals surface area contributed by atoms with Crippen molar-refractivity contribution in [1.82, 2.24) is 10.2 Å². The highest BCUT2D eigenvalue weighted by Gasteiger charge is 2.50. The van der Waals surface area contributed by atoms with Crippen LogP contribution in [-0.2, 0) is 11.3 Å². The maximum atomic E-state index is 13.3. The van der Waals surface area contributed by atoms with Crippen molar-refractivity contribution in [3.63, 3.8) is 0 Å². The molecule has 0 spiro atoms. The topological polar surface area (TPSA) is 41.6 Å². The number of carbonyl (C=O) groups is 1. The molecule has 1 aromatic carbocycles. The number of nitrogens with zero attached hydrogens (tertiary/aromatic N) is 1. The van der Waals surface area contributed by atoms with Gasteiger partial charge in [-0.25, -0.2) is 4.79 Å². The minimum atomic E-state index is -4.37. The standard InChI is InChI=1S/C17H23F3N2O2/c1-16(2,3)24-15(23)21-14-11-22(10-13(14)17(18,19)20)9-12-7-5-4-6-8-12/h4-8,13-14H,9-11H2,1-3H3,(H,21,23)/t13-,14-/m0/s1. The lowest BCUT2D eigenvalue weighted by molar-refractivity contribution is -0.175. The molecular weight excluding hydrogens is 321 g/mol. The van der Waals surface area contributed by atoms with Crippen LogP contribution in [0, 0.1) is 5.92 Å². The van der Waals surface area contributed by atoms with Crippen LogP contribution in [-0.4, -0.2) is 41.9 Å². The first-order valence-electron chi connectivity index (χ1n) is 7.87. The first kappa shape index (κ1) is 18.6. The molecule has 1 N–H and O–H groups in total. The van der Waals surface area contributed by atoms with E-state index < -0.39 is 29.8 Å². The number of halogens is 3. The van der Waals surface area contributed by atoms with E-state index in [1.807, 2.05) is 30.3 Å². The minimum Gasteiger partial charge on any atom is -0.444 e.